The Hall–Kier alpha value is -2.78. The molecule has 1 aromatic heterocycles. The average Bonchev–Trinajstić information content (AvgIpc) is 2.95. The minimum atomic E-state index is -0.102. The van der Waals surface area contributed by atoms with Gasteiger partial charge in [-0.1, -0.05) is 53.4 Å². The highest BCUT2D eigenvalue weighted by Crippen LogP contribution is 2.32. The van der Waals surface area contributed by atoms with Crippen LogP contribution in [0.4, 0.5) is 5.69 Å². The first-order chi connectivity index (χ1) is 14.7. The summed E-state index contributed by atoms with van der Waals surface area (Å²) in [7, 11) is 1.86. The third-order valence-corrected chi connectivity index (χ3v) is 6.46. The third-order valence-electron chi connectivity index (χ3n) is 4.28. The average molecular weight is 443 g/mol. The number of carbonyl (C=O) groups is 1. The van der Waals surface area contributed by atoms with E-state index in [4.69, 9.17) is 9.47 Å². The van der Waals surface area contributed by atoms with Crippen molar-refractivity contribution in [3.8, 4) is 11.5 Å². The van der Waals surface area contributed by atoms with E-state index in [9.17, 15) is 4.79 Å². The Morgan fingerprint density at radius 3 is 2.83 bits per heavy atom. The molecule has 0 spiro atoms. The highest BCUT2D eigenvalue weighted by Gasteiger charge is 2.13. The molecule has 7 nitrogen and oxygen atoms in total. The van der Waals surface area contributed by atoms with E-state index in [0.29, 0.717) is 36.9 Å². The zero-order valence-electron chi connectivity index (χ0n) is 16.5. The SMILES string of the molecule is Cn1nc(SCC(=O)Nc2ccc3c(c2)OCCCO3)sc1=NCc1ccccc1. The molecule has 30 heavy (non-hydrogen) atoms. The Balaban J connectivity index is 1.33. The summed E-state index contributed by atoms with van der Waals surface area (Å²) >= 11 is 2.87. The van der Waals surface area contributed by atoms with E-state index in [1.165, 1.54) is 23.1 Å². The third kappa shape index (κ3) is 5.43. The molecule has 1 N–H and O–H groups in total. The molecular weight excluding hydrogens is 420 g/mol. The van der Waals surface area contributed by atoms with Crippen molar-refractivity contribution < 1.29 is 14.3 Å². The van der Waals surface area contributed by atoms with Crippen molar-refractivity contribution in [2.75, 3.05) is 24.3 Å². The fourth-order valence-corrected chi connectivity index (χ4v) is 4.60. The molecule has 1 amide bonds. The van der Waals surface area contributed by atoms with Crippen molar-refractivity contribution in [2.45, 2.75) is 17.3 Å². The highest BCUT2D eigenvalue weighted by atomic mass is 32.2. The number of fused-ring (bicyclic) bond motifs is 1. The van der Waals surface area contributed by atoms with E-state index in [0.717, 1.165) is 21.1 Å². The molecule has 2 heterocycles. The zero-order chi connectivity index (χ0) is 20.8. The topological polar surface area (TPSA) is 77.7 Å². The summed E-state index contributed by atoms with van der Waals surface area (Å²) in [5.41, 5.74) is 1.84. The minimum Gasteiger partial charge on any atom is -0.490 e. The van der Waals surface area contributed by atoms with E-state index in [1.54, 1.807) is 10.7 Å². The molecule has 0 bridgehead atoms. The normalized spacial score (nSPS) is 13.7. The number of benzene rings is 2. The molecule has 1 aliphatic rings. The molecule has 3 aromatic rings. The first-order valence-electron chi connectivity index (χ1n) is 9.58. The lowest BCUT2D eigenvalue weighted by atomic mass is 10.2. The maximum absolute atomic E-state index is 12.4. The number of thioether (sulfide) groups is 1. The van der Waals surface area contributed by atoms with E-state index >= 15 is 0 Å². The lowest BCUT2D eigenvalue weighted by molar-refractivity contribution is -0.113. The van der Waals surface area contributed by atoms with Crippen molar-refractivity contribution >= 4 is 34.7 Å². The minimum absolute atomic E-state index is 0.102. The molecule has 9 heteroatoms. The number of aromatic nitrogens is 2. The van der Waals surface area contributed by atoms with Gasteiger partial charge in [0, 0.05) is 25.2 Å². The van der Waals surface area contributed by atoms with Crippen LogP contribution in [0.25, 0.3) is 0 Å². The largest absolute Gasteiger partial charge is 0.490 e. The molecule has 0 fully saturated rings. The summed E-state index contributed by atoms with van der Waals surface area (Å²) in [6.07, 6.45) is 0.845. The molecule has 0 atom stereocenters. The number of aryl methyl sites for hydroxylation is 1. The van der Waals surface area contributed by atoms with Gasteiger partial charge in [0.25, 0.3) is 0 Å². The number of hydrogen-bond donors (Lipinski definition) is 1. The van der Waals surface area contributed by atoms with Gasteiger partial charge < -0.3 is 14.8 Å². The van der Waals surface area contributed by atoms with Crippen LogP contribution in [0, 0.1) is 0 Å². The first-order valence-corrected chi connectivity index (χ1v) is 11.4. The molecule has 0 aliphatic carbocycles. The number of nitrogens with zero attached hydrogens (tertiary/aromatic N) is 3. The molecule has 4 rings (SSSR count). The van der Waals surface area contributed by atoms with Crippen LogP contribution in [-0.4, -0.2) is 34.7 Å². The Labute approximate surface area is 182 Å². The van der Waals surface area contributed by atoms with Crippen molar-refractivity contribution in [2.24, 2.45) is 12.0 Å². The van der Waals surface area contributed by atoms with E-state index < -0.39 is 0 Å². The van der Waals surface area contributed by atoms with E-state index in [2.05, 4.69) is 15.4 Å². The van der Waals surface area contributed by atoms with E-state index in [-0.39, 0.29) is 11.7 Å². The van der Waals surface area contributed by atoms with Crippen molar-refractivity contribution in [3.05, 3.63) is 58.9 Å². The van der Waals surface area contributed by atoms with Gasteiger partial charge in [-0.15, -0.1) is 0 Å². The van der Waals surface area contributed by atoms with Gasteiger partial charge in [-0.2, -0.15) is 5.10 Å². The van der Waals surface area contributed by atoms with Gasteiger partial charge in [0.05, 0.1) is 25.5 Å². The van der Waals surface area contributed by atoms with Crippen LogP contribution in [-0.2, 0) is 18.4 Å². The fraction of sp³-hybridized carbons (Fsp3) is 0.286. The number of amides is 1. The summed E-state index contributed by atoms with van der Waals surface area (Å²) in [5.74, 6) is 1.53. The summed E-state index contributed by atoms with van der Waals surface area (Å²) in [5, 5.41) is 7.36. The van der Waals surface area contributed by atoms with Gasteiger partial charge in [0.15, 0.2) is 15.8 Å². The second-order valence-corrected chi connectivity index (χ2v) is 8.80. The Bertz CT molecular complexity index is 1080. The Morgan fingerprint density at radius 1 is 1.20 bits per heavy atom. The maximum Gasteiger partial charge on any atom is 0.234 e. The summed E-state index contributed by atoms with van der Waals surface area (Å²) < 4.78 is 13.8. The number of rotatable bonds is 6. The van der Waals surface area contributed by atoms with Crippen molar-refractivity contribution in [1.82, 2.24) is 9.78 Å². The molecule has 0 saturated carbocycles. The second-order valence-electron chi connectivity index (χ2n) is 6.62. The Morgan fingerprint density at radius 2 is 2.00 bits per heavy atom. The van der Waals surface area contributed by atoms with Crippen LogP contribution in [0.1, 0.15) is 12.0 Å². The second kappa shape index (κ2) is 9.82. The van der Waals surface area contributed by atoms with Gasteiger partial charge in [0.1, 0.15) is 0 Å². The summed E-state index contributed by atoms with van der Waals surface area (Å²) in [6, 6.07) is 15.5. The Kier molecular flexibility index (Phi) is 6.70. The zero-order valence-corrected chi connectivity index (χ0v) is 18.2. The van der Waals surface area contributed by atoms with Gasteiger partial charge in [-0.05, 0) is 17.7 Å². The van der Waals surface area contributed by atoms with Crippen LogP contribution in [0.2, 0.25) is 0 Å². The molecule has 0 saturated heterocycles. The summed E-state index contributed by atoms with van der Waals surface area (Å²) in [4.78, 5) is 17.8. The predicted molar refractivity (Wildman–Crippen MR) is 118 cm³/mol. The highest BCUT2D eigenvalue weighted by molar-refractivity contribution is 8.01. The lowest BCUT2D eigenvalue weighted by Crippen LogP contribution is -2.14. The van der Waals surface area contributed by atoms with Gasteiger partial charge in [0.2, 0.25) is 10.7 Å². The quantitative estimate of drug-likeness (QED) is 0.592. The van der Waals surface area contributed by atoms with Crippen molar-refractivity contribution in [3.63, 3.8) is 0 Å². The molecule has 156 valence electrons. The lowest BCUT2D eigenvalue weighted by Gasteiger charge is -2.10. The smallest absolute Gasteiger partial charge is 0.234 e. The van der Waals surface area contributed by atoms with Gasteiger partial charge in [-0.3, -0.25) is 9.79 Å². The maximum atomic E-state index is 12.4. The van der Waals surface area contributed by atoms with Crippen LogP contribution in [0.5, 0.6) is 11.5 Å². The fourth-order valence-electron chi connectivity index (χ4n) is 2.83. The molecule has 0 unspecified atom stereocenters. The number of nitrogens with one attached hydrogen (secondary N) is 1. The number of carbonyl (C=O) groups excluding carboxylic acids is 1. The molecule has 2 aromatic carbocycles. The first kappa shape index (κ1) is 20.5. The van der Waals surface area contributed by atoms with Gasteiger partial charge >= 0.3 is 0 Å². The van der Waals surface area contributed by atoms with E-state index in [1.807, 2.05) is 49.5 Å². The van der Waals surface area contributed by atoms with Crippen LogP contribution in [0.15, 0.2) is 57.9 Å². The number of hydrogen-bond acceptors (Lipinski definition) is 7. The number of anilines is 1. The monoisotopic (exact) mass is 442 g/mol. The molecular formula is C21H22N4O3S2. The number of ether oxygens (including phenoxy) is 2. The van der Waals surface area contributed by atoms with Crippen LogP contribution < -0.4 is 19.6 Å². The predicted octanol–water partition coefficient (Wildman–Crippen LogP) is 3.47. The molecule has 0 radical (unpaired) electrons. The molecule has 1 aliphatic heterocycles. The van der Waals surface area contributed by atoms with Gasteiger partial charge in [-0.25, -0.2) is 4.68 Å². The summed E-state index contributed by atoms with van der Waals surface area (Å²) in [6.45, 7) is 1.85. The van der Waals surface area contributed by atoms with Crippen LogP contribution in [0.3, 0.4) is 0 Å². The van der Waals surface area contributed by atoms with Crippen molar-refractivity contribution in [1.29, 1.82) is 0 Å². The van der Waals surface area contributed by atoms with Crippen LogP contribution >= 0.6 is 23.1 Å². The standard InChI is InChI=1S/C21H22N4O3S2/c1-25-20(22-13-15-6-3-2-4-7-15)30-21(24-25)29-14-19(26)23-16-8-9-17-18(12-16)28-11-5-10-27-17/h2-4,6-9,12H,5,10-11,13-14H2,1H3,(H,23,26).